The van der Waals surface area contributed by atoms with Crippen LogP contribution in [0.15, 0.2) is 23.1 Å². The summed E-state index contributed by atoms with van der Waals surface area (Å²) >= 11 is 0. The predicted molar refractivity (Wildman–Crippen MR) is 98.9 cm³/mol. The number of rotatable bonds is 6. The second kappa shape index (κ2) is 8.27. The molecule has 2 aliphatic rings. The van der Waals surface area contributed by atoms with E-state index < -0.39 is 40.6 Å². The molecule has 0 radical (unpaired) electrons. The summed E-state index contributed by atoms with van der Waals surface area (Å²) in [6.45, 7) is 1.27. The summed E-state index contributed by atoms with van der Waals surface area (Å²) in [6, 6.07) is 4.43. The lowest BCUT2D eigenvalue weighted by Gasteiger charge is -2.18. The summed E-state index contributed by atoms with van der Waals surface area (Å²) in [6.07, 6.45) is 2.71. The highest BCUT2D eigenvalue weighted by atomic mass is 32.2. The molecule has 0 saturated carbocycles. The number of hydrogen-bond acceptors (Lipinski definition) is 6. The molecule has 10 heteroatoms. The molecule has 1 saturated heterocycles. The number of sulfonamides is 1. The highest BCUT2D eigenvalue weighted by molar-refractivity contribution is 7.89. The predicted octanol–water partition coefficient (Wildman–Crippen LogP) is 0.327. The molecule has 0 unspecified atom stereocenters. The molecule has 1 fully saturated rings. The fourth-order valence-corrected chi connectivity index (χ4v) is 4.32. The van der Waals surface area contributed by atoms with E-state index in [9.17, 15) is 22.8 Å². The molecule has 1 aliphatic heterocycles. The van der Waals surface area contributed by atoms with Gasteiger partial charge < -0.3 is 10.1 Å². The third-order valence-electron chi connectivity index (χ3n) is 4.82. The first-order valence-electron chi connectivity index (χ1n) is 9.18. The zero-order valence-corrected chi connectivity index (χ0v) is 16.4. The minimum atomic E-state index is -3.88. The van der Waals surface area contributed by atoms with E-state index in [2.05, 4.69) is 10.0 Å². The SMILES string of the molecule is C[C@@H](OC(=O)CNS(=O)(=O)c1ccc2c(c1)CCCC2)C(=O)N1CCNC1=O. The van der Waals surface area contributed by atoms with E-state index in [1.807, 2.05) is 6.07 Å². The van der Waals surface area contributed by atoms with Crippen LogP contribution < -0.4 is 10.0 Å². The Labute approximate surface area is 163 Å². The number of fused-ring (bicyclic) bond motifs is 1. The molecule has 1 aromatic rings. The number of carbonyl (C=O) groups excluding carboxylic acids is 3. The van der Waals surface area contributed by atoms with Crippen molar-refractivity contribution in [2.45, 2.75) is 43.6 Å². The first kappa shape index (κ1) is 20.3. The molecule has 28 heavy (non-hydrogen) atoms. The first-order valence-corrected chi connectivity index (χ1v) is 10.7. The molecule has 0 aromatic heterocycles. The monoisotopic (exact) mass is 409 g/mol. The quantitative estimate of drug-likeness (QED) is 0.653. The molecule has 1 heterocycles. The van der Waals surface area contributed by atoms with E-state index >= 15 is 0 Å². The molecule has 3 amide bonds. The highest BCUT2D eigenvalue weighted by Gasteiger charge is 2.31. The molecular formula is C18H23N3O6S. The van der Waals surface area contributed by atoms with Crippen LogP contribution in [0.3, 0.4) is 0 Å². The summed E-state index contributed by atoms with van der Waals surface area (Å²) in [5.41, 5.74) is 2.17. The molecule has 0 spiro atoms. The fourth-order valence-electron chi connectivity index (χ4n) is 3.30. The van der Waals surface area contributed by atoms with Crippen LogP contribution in [0.1, 0.15) is 30.9 Å². The van der Waals surface area contributed by atoms with Crippen LogP contribution >= 0.6 is 0 Å². The van der Waals surface area contributed by atoms with Crippen molar-refractivity contribution in [3.05, 3.63) is 29.3 Å². The Morgan fingerprint density at radius 2 is 1.96 bits per heavy atom. The third kappa shape index (κ3) is 4.50. The zero-order chi connectivity index (χ0) is 20.3. The first-order chi connectivity index (χ1) is 13.3. The van der Waals surface area contributed by atoms with Crippen molar-refractivity contribution in [2.75, 3.05) is 19.6 Å². The molecule has 3 rings (SSSR count). The lowest BCUT2D eigenvalue weighted by atomic mass is 9.92. The van der Waals surface area contributed by atoms with Crippen molar-refractivity contribution in [3.8, 4) is 0 Å². The zero-order valence-electron chi connectivity index (χ0n) is 15.6. The maximum atomic E-state index is 12.4. The van der Waals surface area contributed by atoms with Gasteiger partial charge in [-0.25, -0.2) is 13.2 Å². The number of carbonyl (C=O) groups is 3. The van der Waals surface area contributed by atoms with Crippen LogP contribution in [0.2, 0.25) is 0 Å². The van der Waals surface area contributed by atoms with Crippen molar-refractivity contribution >= 4 is 27.9 Å². The number of imide groups is 1. The Bertz CT molecular complexity index is 899. The normalized spacial score (nSPS) is 17.6. The second-order valence-corrected chi connectivity index (χ2v) is 8.58. The van der Waals surface area contributed by atoms with E-state index in [1.165, 1.54) is 13.0 Å². The molecule has 1 aromatic carbocycles. The van der Waals surface area contributed by atoms with Gasteiger partial charge in [0.05, 0.1) is 4.90 Å². The summed E-state index contributed by atoms with van der Waals surface area (Å²) in [4.78, 5) is 36.6. The molecule has 152 valence electrons. The Morgan fingerprint density at radius 1 is 1.25 bits per heavy atom. The maximum Gasteiger partial charge on any atom is 0.324 e. The Balaban J connectivity index is 1.56. The van der Waals surface area contributed by atoms with E-state index in [4.69, 9.17) is 4.74 Å². The van der Waals surface area contributed by atoms with E-state index in [-0.39, 0.29) is 11.4 Å². The van der Waals surface area contributed by atoms with Gasteiger partial charge in [0.1, 0.15) is 6.54 Å². The number of hydrogen-bond donors (Lipinski definition) is 2. The number of nitrogens with zero attached hydrogens (tertiary/aromatic N) is 1. The van der Waals surface area contributed by atoms with Gasteiger partial charge in [-0.05, 0) is 55.9 Å². The maximum absolute atomic E-state index is 12.4. The topological polar surface area (TPSA) is 122 Å². The van der Waals surface area contributed by atoms with Crippen LogP contribution in [0.4, 0.5) is 4.79 Å². The molecule has 2 N–H and O–H groups in total. The van der Waals surface area contributed by atoms with Crippen molar-refractivity contribution < 1.29 is 27.5 Å². The smallest absolute Gasteiger partial charge is 0.324 e. The second-order valence-electron chi connectivity index (χ2n) is 6.82. The van der Waals surface area contributed by atoms with Crippen LogP contribution in [0.5, 0.6) is 0 Å². The number of urea groups is 1. The number of aryl methyl sites for hydroxylation is 2. The lowest BCUT2D eigenvalue weighted by Crippen LogP contribution is -2.43. The van der Waals surface area contributed by atoms with Gasteiger partial charge in [-0.1, -0.05) is 6.07 Å². The van der Waals surface area contributed by atoms with Crippen LogP contribution in [-0.4, -0.2) is 57.0 Å². The van der Waals surface area contributed by atoms with Crippen molar-refractivity contribution in [1.29, 1.82) is 0 Å². The van der Waals surface area contributed by atoms with Gasteiger partial charge >= 0.3 is 12.0 Å². The Kier molecular flexibility index (Phi) is 5.99. The van der Waals surface area contributed by atoms with Crippen molar-refractivity contribution in [1.82, 2.24) is 14.9 Å². The van der Waals surface area contributed by atoms with E-state index in [1.54, 1.807) is 6.07 Å². The summed E-state index contributed by atoms with van der Waals surface area (Å²) in [5.74, 6) is -1.55. The molecule has 9 nitrogen and oxygen atoms in total. The summed E-state index contributed by atoms with van der Waals surface area (Å²) in [7, 11) is -3.88. The number of amides is 3. The van der Waals surface area contributed by atoms with Crippen LogP contribution in [0.25, 0.3) is 0 Å². The lowest BCUT2D eigenvalue weighted by molar-refractivity contribution is -0.156. The van der Waals surface area contributed by atoms with Gasteiger partial charge in [0.2, 0.25) is 10.0 Å². The molecule has 0 bridgehead atoms. The number of benzene rings is 1. The van der Waals surface area contributed by atoms with Gasteiger partial charge in [-0.3, -0.25) is 14.5 Å². The van der Waals surface area contributed by atoms with Gasteiger partial charge in [0, 0.05) is 13.1 Å². The number of nitrogens with one attached hydrogen (secondary N) is 2. The number of esters is 1. The van der Waals surface area contributed by atoms with Gasteiger partial charge in [-0.2, -0.15) is 4.72 Å². The summed E-state index contributed by atoms with van der Waals surface area (Å²) < 4.78 is 32.1. The van der Waals surface area contributed by atoms with Crippen LogP contribution in [0, 0.1) is 0 Å². The summed E-state index contributed by atoms with van der Waals surface area (Å²) in [5, 5.41) is 2.48. The standard InChI is InChI=1S/C18H23N3O6S/c1-12(17(23)21-9-8-19-18(21)24)27-16(22)11-20-28(25,26)15-7-6-13-4-2-3-5-14(13)10-15/h6-7,10,12,20H,2-5,8-9,11H2,1H3,(H,19,24)/t12-/m1/s1. The molecular weight excluding hydrogens is 386 g/mol. The average molecular weight is 409 g/mol. The van der Waals surface area contributed by atoms with E-state index in [0.717, 1.165) is 41.7 Å². The molecule has 1 aliphatic carbocycles. The van der Waals surface area contributed by atoms with Gasteiger partial charge in [0.25, 0.3) is 5.91 Å². The fraction of sp³-hybridized carbons (Fsp3) is 0.500. The minimum absolute atomic E-state index is 0.0961. The Hall–Kier alpha value is -2.46. The Morgan fingerprint density at radius 3 is 2.64 bits per heavy atom. The van der Waals surface area contributed by atoms with Crippen molar-refractivity contribution in [3.63, 3.8) is 0 Å². The minimum Gasteiger partial charge on any atom is -0.452 e. The number of ether oxygens (including phenoxy) is 1. The van der Waals surface area contributed by atoms with E-state index in [0.29, 0.717) is 6.54 Å². The average Bonchev–Trinajstić information content (AvgIpc) is 3.11. The van der Waals surface area contributed by atoms with Crippen LogP contribution in [-0.2, 0) is 37.2 Å². The van der Waals surface area contributed by atoms with Crippen molar-refractivity contribution in [2.24, 2.45) is 0 Å². The third-order valence-corrected chi connectivity index (χ3v) is 6.21. The highest BCUT2D eigenvalue weighted by Crippen LogP contribution is 2.24. The van der Waals surface area contributed by atoms with Gasteiger partial charge in [-0.15, -0.1) is 0 Å². The largest absolute Gasteiger partial charge is 0.452 e. The van der Waals surface area contributed by atoms with Gasteiger partial charge in [0.15, 0.2) is 6.10 Å². The molecule has 1 atom stereocenters.